The van der Waals surface area contributed by atoms with E-state index in [9.17, 15) is 4.79 Å². The van der Waals surface area contributed by atoms with Gasteiger partial charge in [0.2, 0.25) is 0 Å². The number of methoxy groups -OCH3 is 1. The zero-order chi connectivity index (χ0) is 13.5. The zero-order valence-corrected chi connectivity index (χ0v) is 11.0. The number of esters is 1. The van der Waals surface area contributed by atoms with E-state index < -0.39 is 5.97 Å². The number of nitrogen functional groups attached to an aromatic ring is 1. The summed E-state index contributed by atoms with van der Waals surface area (Å²) in [6.07, 6.45) is 1.51. The van der Waals surface area contributed by atoms with Crippen LogP contribution in [0.2, 0.25) is 0 Å². The van der Waals surface area contributed by atoms with Crippen LogP contribution in [-0.4, -0.2) is 61.4 Å². The van der Waals surface area contributed by atoms with E-state index in [1.807, 2.05) is 19.0 Å². The van der Waals surface area contributed by atoms with Gasteiger partial charge in [-0.1, -0.05) is 0 Å². The molecule has 1 rings (SSSR count). The van der Waals surface area contributed by atoms with Crippen LogP contribution in [0.5, 0.6) is 0 Å². The average molecular weight is 256 g/mol. The SMILES string of the molecule is COC(=O)c1ncn(CCOCCN(C)C)c1N. The number of anilines is 1. The van der Waals surface area contributed by atoms with E-state index in [0.717, 1.165) is 6.54 Å². The van der Waals surface area contributed by atoms with E-state index in [1.54, 1.807) is 4.57 Å². The molecular formula is C11H20N4O3. The van der Waals surface area contributed by atoms with Gasteiger partial charge in [0.1, 0.15) is 5.82 Å². The van der Waals surface area contributed by atoms with Crippen molar-refractivity contribution < 1.29 is 14.3 Å². The molecule has 2 N–H and O–H groups in total. The molecule has 0 aromatic carbocycles. The number of nitrogens with zero attached hydrogens (tertiary/aromatic N) is 3. The Kier molecular flexibility index (Phi) is 5.60. The maximum absolute atomic E-state index is 11.3. The Balaban J connectivity index is 2.39. The summed E-state index contributed by atoms with van der Waals surface area (Å²) in [6.45, 7) is 2.61. The topological polar surface area (TPSA) is 82.6 Å². The van der Waals surface area contributed by atoms with Crippen LogP contribution < -0.4 is 5.73 Å². The van der Waals surface area contributed by atoms with Gasteiger partial charge in [-0.25, -0.2) is 9.78 Å². The van der Waals surface area contributed by atoms with Crippen molar-refractivity contribution in [2.45, 2.75) is 6.54 Å². The standard InChI is InChI=1S/C11H20N4O3/c1-14(2)4-6-18-7-5-15-8-13-9(10(15)12)11(16)17-3/h8H,4-7,12H2,1-3H3. The van der Waals surface area contributed by atoms with Crippen molar-refractivity contribution in [2.75, 3.05) is 46.7 Å². The Morgan fingerprint density at radius 2 is 2.22 bits per heavy atom. The van der Waals surface area contributed by atoms with Gasteiger partial charge in [-0.05, 0) is 14.1 Å². The minimum atomic E-state index is -0.528. The largest absolute Gasteiger partial charge is 0.464 e. The monoisotopic (exact) mass is 256 g/mol. The summed E-state index contributed by atoms with van der Waals surface area (Å²) >= 11 is 0. The number of hydrogen-bond acceptors (Lipinski definition) is 6. The summed E-state index contributed by atoms with van der Waals surface area (Å²) in [6, 6.07) is 0. The fourth-order valence-electron chi connectivity index (χ4n) is 1.34. The molecule has 0 saturated heterocycles. The first kappa shape index (κ1) is 14.5. The minimum absolute atomic E-state index is 0.144. The Morgan fingerprint density at radius 1 is 1.50 bits per heavy atom. The maximum atomic E-state index is 11.3. The molecule has 0 radical (unpaired) electrons. The third kappa shape index (κ3) is 4.01. The Morgan fingerprint density at radius 3 is 2.83 bits per heavy atom. The molecule has 0 unspecified atom stereocenters. The van der Waals surface area contributed by atoms with Gasteiger partial charge in [-0.2, -0.15) is 0 Å². The molecule has 7 nitrogen and oxygen atoms in total. The van der Waals surface area contributed by atoms with Crippen LogP contribution in [0.25, 0.3) is 0 Å². The highest BCUT2D eigenvalue weighted by Crippen LogP contribution is 2.10. The molecule has 0 saturated carbocycles. The molecule has 1 aromatic heterocycles. The fraction of sp³-hybridized carbons (Fsp3) is 0.636. The second-order valence-corrected chi connectivity index (χ2v) is 4.08. The van der Waals surface area contributed by atoms with E-state index in [2.05, 4.69) is 9.72 Å². The summed E-state index contributed by atoms with van der Waals surface area (Å²) in [5.74, 6) is -0.224. The third-order valence-electron chi connectivity index (χ3n) is 2.42. The fourth-order valence-corrected chi connectivity index (χ4v) is 1.34. The Labute approximate surface area is 106 Å². The number of carbonyl (C=O) groups excluding carboxylic acids is 1. The van der Waals surface area contributed by atoms with Crippen LogP contribution in [0.15, 0.2) is 6.33 Å². The predicted octanol–water partition coefficient (Wildman–Crippen LogP) is -0.170. The molecule has 0 spiro atoms. The number of imidazole rings is 1. The van der Waals surface area contributed by atoms with Gasteiger partial charge in [0.05, 0.1) is 26.7 Å². The lowest BCUT2D eigenvalue weighted by Crippen LogP contribution is -2.19. The number of rotatable bonds is 7. The number of hydrogen-bond donors (Lipinski definition) is 1. The van der Waals surface area contributed by atoms with Crippen molar-refractivity contribution >= 4 is 11.8 Å². The quantitative estimate of drug-likeness (QED) is 0.539. The molecule has 0 atom stereocenters. The summed E-state index contributed by atoms with van der Waals surface area (Å²) in [4.78, 5) is 17.2. The lowest BCUT2D eigenvalue weighted by molar-refractivity contribution is 0.0595. The normalized spacial score (nSPS) is 10.9. The van der Waals surface area contributed by atoms with Crippen molar-refractivity contribution in [3.8, 4) is 0 Å². The lowest BCUT2D eigenvalue weighted by Gasteiger charge is -2.10. The molecule has 102 valence electrons. The van der Waals surface area contributed by atoms with Crippen LogP contribution in [0.1, 0.15) is 10.5 Å². The smallest absolute Gasteiger partial charge is 0.360 e. The molecule has 0 aliphatic heterocycles. The number of likely N-dealkylation sites (N-methyl/N-ethyl adjacent to an activating group) is 1. The number of aromatic nitrogens is 2. The van der Waals surface area contributed by atoms with Crippen molar-refractivity contribution in [1.82, 2.24) is 14.5 Å². The summed E-state index contributed by atoms with van der Waals surface area (Å²) < 4.78 is 11.7. The first-order valence-corrected chi connectivity index (χ1v) is 5.67. The van der Waals surface area contributed by atoms with Gasteiger partial charge in [-0.3, -0.25) is 0 Å². The van der Waals surface area contributed by atoms with Crippen LogP contribution in [0.4, 0.5) is 5.82 Å². The molecule has 0 aliphatic carbocycles. The predicted molar refractivity (Wildman–Crippen MR) is 67.4 cm³/mol. The van der Waals surface area contributed by atoms with Gasteiger partial charge >= 0.3 is 5.97 Å². The van der Waals surface area contributed by atoms with Crippen molar-refractivity contribution in [3.63, 3.8) is 0 Å². The molecule has 1 heterocycles. The molecule has 1 aromatic rings. The van der Waals surface area contributed by atoms with Gasteiger partial charge in [0.25, 0.3) is 0 Å². The van der Waals surface area contributed by atoms with Crippen LogP contribution >= 0.6 is 0 Å². The number of ether oxygens (including phenoxy) is 2. The summed E-state index contributed by atoms with van der Waals surface area (Å²) in [5, 5.41) is 0. The highest BCUT2D eigenvalue weighted by atomic mass is 16.5. The summed E-state index contributed by atoms with van der Waals surface area (Å²) in [5.41, 5.74) is 5.92. The minimum Gasteiger partial charge on any atom is -0.464 e. The highest BCUT2D eigenvalue weighted by Gasteiger charge is 2.15. The van der Waals surface area contributed by atoms with E-state index in [-0.39, 0.29) is 5.69 Å². The molecule has 0 amide bonds. The first-order valence-electron chi connectivity index (χ1n) is 5.67. The number of carbonyl (C=O) groups is 1. The molecule has 0 aliphatic rings. The van der Waals surface area contributed by atoms with Crippen molar-refractivity contribution in [2.24, 2.45) is 0 Å². The van der Waals surface area contributed by atoms with E-state index in [4.69, 9.17) is 10.5 Å². The van der Waals surface area contributed by atoms with Gasteiger partial charge in [0, 0.05) is 13.1 Å². The van der Waals surface area contributed by atoms with Gasteiger partial charge in [-0.15, -0.1) is 0 Å². The van der Waals surface area contributed by atoms with Gasteiger partial charge < -0.3 is 24.7 Å². The summed E-state index contributed by atoms with van der Waals surface area (Å²) in [7, 11) is 5.27. The third-order valence-corrected chi connectivity index (χ3v) is 2.42. The highest BCUT2D eigenvalue weighted by molar-refractivity contribution is 5.91. The Hall–Kier alpha value is -1.60. The maximum Gasteiger partial charge on any atom is 0.360 e. The lowest BCUT2D eigenvalue weighted by atomic mass is 10.4. The van der Waals surface area contributed by atoms with Crippen LogP contribution in [0, 0.1) is 0 Å². The van der Waals surface area contributed by atoms with Crippen molar-refractivity contribution in [3.05, 3.63) is 12.0 Å². The molecule has 18 heavy (non-hydrogen) atoms. The second-order valence-electron chi connectivity index (χ2n) is 4.08. The average Bonchev–Trinajstić information content (AvgIpc) is 2.69. The number of nitrogens with two attached hydrogens (primary N) is 1. The van der Waals surface area contributed by atoms with Crippen LogP contribution in [0.3, 0.4) is 0 Å². The second kappa shape index (κ2) is 6.97. The molecular weight excluding hydrogens is 236 g/mol. The first-order chi connectivity index (χ1) is 8.56. The van der Waals surface area contributed by atoms with E-state index in [0.29, 0.717) is 25.6 Å². The van der Waals surface area contributed by atoms with Crippen LogP contribution in [-0.2, 0) is 16.0 Å². The van der Waals surface area contributed by atoms with E-state index in [1.165, 1.54) is 13.4 Å². The van der Waals surface area contributed by atoms with Gasteiger partial charge in [0.15, 0.2) is 5.69 Å². The zero-order valence-electron chi connectivity index (χ0n) is 11.0. The van der Waals surface area contributed by atoms with Crippen molar-refractivity contribution in [1.29, 1.82) is 0 Å². The molecule has 0 bridgehead atoms. The van der Waals surface area contributed by atoms with E-state index >= 15 is 0 Å². The molecule has 7 heteroatoms. The Bertz CT molecular complexity index is 390. The molecule has 0 fully saturated rings.